The highest BCUT2D eigenvalue weighted by Crippen LogP contribution is 2.45. The Bertz CT molecular complexity index is 916. The van der Waals surface area contributed by atoms with Gasteiger partial charge in [0.15, 0.2) is 0 Å². The van der Waals surface area contributed by atoms with Gasteiger partial charge in [0.2, 0.25) is 5.91 Å². The van der Waals surface area contributed by atoms with Crippen molar-refractivity contribution < 1.29 is 13.9 Å². The number of nitrogens with one attached hydrogen (secondary N) is 2. The second-order valence-corrected chi connectivity index (χ2v) is 7.39. The monoisotopic (exact) mass is 359 g/mol. The summed E-state index contributed by atoms with van der Waals surface area (Å²) in [5.74, 6) is 0.147. The third-order valence-corrected chi connectivity index (χ3v) is 5.21. The number of fused-ring (bicyclic) bond motifs is 1. The molecule has 0 saturated heterocycles. The molecule has 0 bridgehead atoms. The summed E-state index contributed by atoms with van der Waals surface area (Å²) < 4.78 is 19.9. The lowest BCUT2D eigenvalue weighted by Gasteiger charge is -2.08. The fourth-order valence-corrected chi connectivity index (χ4v) is 3.22. The molecule has 1 aliphatic carbocycles. The van der Waals surface area contributed by atoms with Crippen LogP contribution in [-0.2, 0) is 17.9 Å². The highest BCUT2D eigenvalue weighted by molar-refractivity contribution is 7.07. The predicted octanol–water partition coefficient (Wildman–Crippen LogP) is 3.76. The summed E-state index contributed by atoms with van der Waals surface area (Å²) in [4.78, 5) is 19.3. The molecule has 5 nitrogen and oxygen atoms in total. The number of carbonyl (C=O) groups is 1. The summed E-state index contributed by atoms with van der Waals surface area (Å²) in [6.45, 7) is 2.62. The largest absolute Gasteiger partial charge is 0.487 e. The van der Waals surface area contributed by atoms with Crippen molar-refractivity contribution in [1.29, 1.82) is 0 Å². The lowest BCUT2D eigenvalue weighted by atomic mass is 10.1. The average molecular weight is 359 g/mol. The molecule has 130 valence electrons. The number of halogens is 1. The molecular weight excluding hydrogens is 341 g/mol. The number of H-pyrrole nitrogens is 1. The van der Waals surface area contributed by atoms with Gasteiger partial charge in [0.25, 0.3) is 0 Å². The molecule has 25 heavy (non-hydrogen) atoms. The van der Waals surface area contributed by atoms with Crippen LogP contribution in [0.2, 0.25) is 0 Å². The Kier molecular flexibility index (Phi) is 3.95. The molecule has 0 radical (unpaired) electrons. The van der Waals surface area contributed by atoms with Gasteiger partial charge in [0.05, 0.1) is 23.3 Å². The average Bonchev–Trinajstić information content (AvgIpc) is 3.03. The summed E-state index contributed by atoms with van der Waals surface area (Å²) in [6.07, 6.45) is 1.86. The Hall–Kier alpha value is -2.41. The first kappa shape index (κ1) is 16.1. The highest BCUT2D eigenvalue weighted by atomic mass is 32.1. The number of hydrogen-bond acceptors (Lipinski definition) is 4. The van der Waals surface area contributed by atoms with Crippen molar-refractivity contribution in [3.05, 3.63) is 46.3 Å². The summed E-state index contributed by atoms with van der Waals surface area (Å²) in [5, 5.41) is 5.29. The van der Waals surface area contributed by atoms with Crippen LogP contribution in [0.5, 0.6) is 5.75 Å². The number of hydrogen-bond donors (Lipinski definition) is 2. The fraction of sp³-hybridized carbons (Fsp3) is 0.333. The van der Waals surface area contributed by atoms with Gasteiger partial charge in [0.1, 0.15) is 18.2 Å². The minimum Gasteiger partial charge on any atom is -0.487 e. The molecule has 7 heteroatoms. The molecule has 2 heterocycles. The molecule has 0 atom stereocenters. The lowest BCUT2D eigenvalue weighted by Crippen LogP contribution is -2.29. The molecule has 0 spiro atoms. The Labute approximate surface area is 148 Å². The Morgan fingerprint density at radius 2 is 2.28 bits per heavy atom. The maximum Gasteiger partial charge on any atom is 0.226 e. The van der Waals surface area contributed by atoms with Gasteiger partial charge in [-0.2, -0.15) is 0 Å². The van der Waals surface area contributed by atoms with Crippen molar-refractivity contribution in [2.45, 2.75) is 32.9 Å². The third-order valence-electron chi connectivity index (χ3n) is 4.57. The number of ether oxygens (including phenoxy) is 1. The van der Waals surface area contributed by atoms with Crippen LogP contribution in [0.25, 0.3) is 10.9 Å². The van der Waals surface area contributed by atoms with Crippen LogP contribution in [0.1, 0.15) is 31.2 Å². The number of aromatic nitrogens is 2. The number of aromatic amines is 1. The molecular formula is C18H18FN3O2S. The molecule has 1 fully saturated rings. The van der Waals surface area contributed by atoms with Crippen LogP contribution in [-0.4, -0.2) is 15.9 Å². The summed E-state index contributed by atoms with van der Waals surface area (Å²) in [5.41, 5.74) is 3.75. The quantitative estimate of drug-likeness (QED) is 0.704. The van der Waals surface area contributed by atoms with Crippen LogP contribution < -0.4 is 10.1 Å². The number of rotatable bonds is 6. The minimum atomic E-state index is -0.353. The van der Waals surface area contributed by atoms with Crippen molar-refractivity contribution in [2.24, 2.45) is 5.41 Å². The van der Waals surface area contributed by atoms with Gasteiger partial charge in [-0.05, 0) is 18.9 Å². The molecule has 1 amide bonds. The van der Waals surface area contributed by atoms with E-state index in [4.69, 9.17) is 4.74 Å². The van der Waals surface area contributed by atoms with E-state index >= 15 is 0 Å². The third kappa shape index (κ3) is 3.37. The molecule has 0 unspecified atom stereocenters. The van der Waals surface area contributed by atoms with Gasteiger partial charge in [-0.25, -0.2) is 9.37 Å². The molecule has 0 aliphatic heterocycles. The Morgan fingerprint density at radius 1 is 1.44 bits per heavy atom. The Morgan fingerprint density at radius 3 is 3.00 bits per heavy atom. The molecule has 2 N–H and O–H groups in total. The highest BCUT2D eigenvalue weighted by Gasteiger charge is 2.44. The van der Waals surface area contributed by atoms with Crippen molar-refractivity contribution in [2.75, 3.05) is 0 Å². The van der Waals surface area contributed by atoms with E-state index in [-0.39, 0.29) is 17.1 Å². The van der Waals surface area contributed by atoms with E-state index in [0.29, 0.717) is 29.8 Å². The fourth-order valence-electron chi connectivity index (χ4n) is 2.67. The number of carbonyl (C=O) groups excluding carboxylic acids is 1. The van der Waals surface area contributed by atoms with Crippen molar-refractivity contribution in [3.8, 4) is 5.75 Å². The van der Waals surface area contributed by atoms with Gasteiger partial charge in [-0.1, -0.05) is 6.92 Å². The van der Waals surface area contributed by atoms with Crippen LogP contribution in [0, 0.1) is 11.2 Å². The maximum atomic E-state index is 14.3. The van der Waals surface area contributed by atoms with Crippen LogP contribution in [0.3, 0.4) is 0 Å². The van der Waals surface area contributed by atoms with Gasteiger partial charge < -0.3 is 15.0 Å². The predicted molar refractivity (Wildman–Crippen MR) is 93.9 cm³/mol. The number of thiazole rings is 1. The zero-order valence-corrected chi connectivity index (χ0v) is 14.6. The topological polar surface area (TPSA) is 67.0 Å². The van der Waals surface area contributed by atoms with Crippen molar-refractivity contribution in [1.82, 2.24) is 15.3 Å². The summed E-state index contributed by atoms with van der Waals surface area (Å²) in [7, 11) is 0. The van der Waals surface area contributed by atoms with Crippen molar-refractivity contribution >= 4 is 28.1 Å². The van der Waals surface area contributed by atoms with E-state index in [1.807, 2.05) is 12.3 Å². The zero-order valence-electron chi connectivity index (χ0n) is 13.8. The second kappa shape index (κ2) is 6.15. The van der Waals surface area contributed by atoms with E-state index in [1.54, 1.807) is 17.6 Å². The minimum absolute atomic E-state index is 0.0545. The van der Waals surface area contributed by atoms with Crippen LogP contribution >= 0.6 is 11.3 Å². The first-order valence-electron chi connectivity index (χ1n) is 8.13. The number of nitrogens with zero attached hydrogens (tertiary/aromatic N) is 1. The smallest absolute Gasteiger partial charge is 0.226 e. The van der Waals surface area contributed by atoms with Gasteiger partial charge >= 0.3 is 0 Å². The van der Waals surface area contributed by atoms with E-state index in [1.165, 1.54) is 17.4 Å². The standard InChI is InChI=1S/C18H18FN3O2S/c1-18(2-3-18)17(23)20-7-11-4-14-15(19)5-13(6-16(14)22-11)24-8-12-9-25-10-21-12/h4-6,9-10,22H,2-3,7-8H2,1H3,(H,20,23). The van der Waals surface area contributed by atoms with Crippen molar-refractivity contribution in [3.63, 3.8) is 0 Å². The molecule has 4 rings (SSSR count). The molecule has 2 aromatic heterocycles. The van der Waals surface area contributed by atoms with Crippen LogP contribution in [0.15, 0.2) is 29.1 Å². The summed E-state index contributed by atoms with van der Waals surface area (Å²) in [6, 6.07) is 4.86. The second-order valence-electron chi connectivity index (χ2n) is 6.67. The molecule has 1 saturated carbocycles. The van der Waals surface area contributed by atoms with Gasteiger partial charge in [-0.3, -0.25) is 4.79 Å². The zero-order chi connectivity index (χ0) is 17.4. The number of benzene rings is 1. The van der Waals surface area contributed by atoms with E-state index in [9.17, 15) is 9.18 Å². The van der Waals surface area contributed by atoms with E-state index in [0.717, 1.165) is 24.2 Å². The van der Waals surface area contributed by atoms with Crippen LogP contribution in [0.4, 0.5) is 4.39 Å². The molecule has 3 aromatic rings. The normalized spacial score (nSPS) is 15.3. The Balaban J connectivity index is 1.47. The first-order chi connectivity index (χ1) is 12.0. The summed E-state index contributed by atoms with van der Waals surface area (Å²) >= 11 is 1.49. The number of amides is 1. The SMILES string of the molecule is CC1(C(=O)NCc2cc3c(F)cc(OCc4cscn4)cc3[nH]2)CC1. The molecule has 1 aromatic carbocycles. The maximum absolute atomic E-state index is 14.3. The van der Waals surface area contributed by atoms with Gasteiger partial charge in [0, 0.05) is 34.0 Å². The van der Waals surface area contributed by atoms with Gasteiger partial charge in [-0.15, -0.1) is 11.3 Å². The van der Waals surface area contributed by atoms with E-state index < -0.39 is 0 Å². The van der Waals surface area contributed by atoms with E-state index in [2.05, 4.69) is 15.3 Å². The first-order valence-corrected chi connectivity index (χ1v) is 9.07. The lowest BCUT2D eigenvalue weighted by molar-refractivity contribution is -0.125. The molecule has 1 aliphatic rings.